The van der Waals surface area contributed by atoms with Gasteiger partial charge >= 0.3 is 0 Å². The fourth-order valence-corrected chi connectivity index (χ4v) is 5.81. The summed E-state index contributed by atoms with van der Waals surface area (Å²) in [6.45, 7) is 1.98. The van der Waals surface area contributed by atoms with Crippen molar-refractivity contribution in [3.63, 3.8) is 0 Å². The van der Waals surface area contributed by atoms with Crippen LogP contribution in [0.5, 0.6) is 0 Å². The molecule has 1 fully saturated rings. The zero-order valence-electron chi connectivity index (χ0n) is 22.3. The van der Waals surface area contributed by atoms with Crippen molar-refractivity contribution in [3.05, 3.63) is 73.1 Å². The van der Waals surface area contributed by atoms with Crippen molar-refractivity contribution in [1.29, 1.82) is 0 Å². The SMILES string of the molecule is Cc1cn(-c2cccc3[nH]c(-c4n[nH]c5ccc(-c6cncc(NC(=O)CC7CCCCC7)c6)nc45)cc23)cn1. The van der Waals surface area contributed by atoms with Crippen LogP contribution in [0.15, 0.2) is 67.4 Å². The van der Waals surface area contributed by atoms with Gasteiger partial charge in [-0.2, -0.15) is 5.10 Å². The molecule has 5 aromatic heterocycles. The van der Waals surface area contributed by atoms with E-state index < -0.39 is 0 Å². The Morgan fingerprint density at radius 1 is 1.07 bits per heavy atom. The van der Waals surface area contributed by atoms with Crippen LogP contribution in [0.1, 0.15) is 44.2 Å². The van der Waals surface area contributed by atoms with Crippen LogP contribution >= 0.6 is 0 Å². The van der Waals surface area contributed by atoms with Crippen molar-refractivity contribution in [2.75, 3.05) is 5.32 Å². The van der Waals surface area contributed by atoms with E-state index >= 15 is 0 Å². The van der Waals surface area contributed by atoms with Gasteiger partial charge in [0, 0.05) is 35.3 Å². The summed E-state index contributed by atoms with van der Waals surface area (Å²) in [6, 6.07) is 14.1. The summed E-state index contributed by atoms with van der Waals surface area (Å²) in [6.07, 6.45) is 13.9. The largest absolute Gasteiger partial charge is 0.353 e. The van der Waals surface area contributed by atoms with E-state index in [9.17, 15) is 4.79 Å². The summed E-state index contributed by atoms with van der Waals surface area (Å²) in [5.41, 5.74) is 8.51. The van der Waals surface area contributed by atoms with E-state index in [1.54, 1.807) is 12.4 Å². The fourth-order valence-electron chi connectivity index (χ4n) is 5.81. The molecule has 0 radical (unpaired) electrons. The van der Waals surface area contributed by atoms with Gasteiger partial charge in [0.25, 0.3) is 0 Å². The maximum atomic E-state index is 12.7. The lowest BCUT2D eigenvalue weighted by Crippen LogP contribution is -2.18. The van der Waals surface area contributed by atoms with Crippen molar-refractivity contribution in [2.45, 2.75) is 45.4 Å². The minimum atomic E-state index is 0.0513. The number of anilines is 1. The summed E-state index contributed by atoms with van der Waals surface area (Å²) in [5, 5.41) is 11.8. The number of benzene rings is 1. The van der Waals surface area contributed by atoms with Gasteiger partial charge in [-0.1, -0.05) is 25.3 Å². The van der Waals surface area contributed by atoms with Crippen LogP contribution in [0, 0.1) is 12.8 Å². The molecule has 0 saturated heterocycles. The van der Waals surface area contributed by atoms with Crippen molar-refractivity contribution >= 4 is 33.5 Å². The molecule has 6 aromatic rings. The molecule has 9 heteroatoms. The molecule has 1 saturated carbocycles. The molecule has 0 bridgehead atoms. The summed E-state index contributed by atoms with van der Waals surface area (Å²) in [4.78, 5) is 29.9. The first-order valence-electron chi connectivity index (χ1n) is 13.8. The molecular weight excluding hydrogens is 500 g/mol. The van der Waals surface area contributed by atoms with Crippen LogP contribution in [0.25, 0.3) is 50.3 Å². The number of pyridine rings is 2. The van der Waals surface area contributed by atoms with Gasteiger partial charge in [-0.25, -0.2) is 9.97 Å². The molecule has 9 nitrogen and oxygen atoms in total. The fraction of sp³-hybridized carbons (Fsp3) is 0.258. The maximum Gasteiger partial charge on any atom is 0.224 e. The quantitative estimate of drug-likeness (QED) is 0.225. The first-order valence-corrected chi connectivity index (χ1v) is 13.8. The smallest absolute Gasteiger partial charge is 0.224 e. The number of carbonyl (C=O) groups is 1. The highest BCUT2D eigenvalue weighted by molar-refractivity contribution is 5.97. The van der Waals surface area contributed by atoms with Gasteiger partial charge in [0.1, 0.15) is 11.2 Å². The number of hydrogen-bond donors (Lipinski definition) is 3. The Bertz CT molecular complexity index is 1840. The molecule has 5 heterocycles. The van der Waals surface area contributed by atoms with Crippen LogP contribution < -0.4 is 5.32 Å². The van der Waals surface area contributed by atoms with Gasteiger partial charge in [0.15, 0.2) is 0 Å². The van der Waals surface area contributed by atoms with E-state index in [2.05, 4.69) is 48.7 Å². The number of nitrogens with one attached hydrogen (secondary N) is 3. The summed E-state index contributed by atoms with van der Waals surface area (Å²) in [5.74, 6) is 0.536. The van der Waals surface area contributed by atoms with Gasteiger partial charge in [0.2, 0.25) is 5.91 Å². The first kappa shape index (κ1) is 24.3. The Morgan fingerprint density at radius 3 is 2.83 bits per heavy atom. The molecule has 3 N–H and O–H groups in total. The minimum Gasteiger partial charge on any atom is -0.353 e. The van der Waals surface area contributed by atoms with Crippen molar-refractivity contribution in [2.24, 2.45) is 5.92 Å². The van der Waals surface area contributed by atoms with E-state index in [0.29, 0.717) is 18.0 Å². The zero-order chi connectivity index (χ0) is 27.1. The number of aromatic amines is 2. The highest BCUT2D eigenvalue weighted by Crippen LogP contribution is 2.32. The standard InChI is InChI=1S/C31H30N8O/c1-19-17-39(18-33-19)28-9-5-8-25-23(28)14-27(35-25)31-30-26(37-38-31)11-10-24(36-30)21-13-22(16-32-15-21)34-29(40)12-20-6-3-2-4-7-20/h5,8-11,13-18,20,35H,2-4,6-7,12H2,1H3,(H,34,40)(H,37,38). The van der Waals surface area contributed by atoms with Crippen molar-refractivity contribution in [3.8, 4) is 28.3 Å². The molecule has 0 aliphatic heterocycles. The lowest BCUT2D eigenvalue weighted by atomic mass is 9.87. The monoisotopic (exact) mass is 530 g/mol. The second-order valence-electron chi connectivity index (χ2n) is 10.7. The molecule has 7 rings (SSSR count). The van der Waals surface area contributed by atoms with Gasteiger partial charge in [0.05, 0.1) is 46.5 Å². The third-order valence-corrected chi connectivity index (χ3v) is 7.81. The topological polar surface area (TPSA) is 117 Å². The molecule has 1 aromatic carbocycles. The molecular formula is C31H30N8O. The van der Waals surface area contributed by atoms with Crippen molar-refractivity contribution < 1.29 is 4.79 Å². The van der Waals surface area contributed by atoms with Crippen LogP contribution in [0.3, 0.4) is 0 Å². The average molecular weight is 531 g/mol. The Hall–Kier alpha value is -4.79. The molecule has 1 amide bonds. The average Bonchev–Trinajstić information content (AvgIpc) is 3.71. The van der Waals surface area contributed by atoms with Gasteiger partial charge < -0.3 is 14.9 Å². The molecule has 1 aliphatic rings. The summed E-state index contributed by atoms with van der Waals surface area (Å²) in [7, 11) is 0. The minimum absolute atomic E-state index is 0.0513. The second kappa shape index (κ2) is 10.1. The van der Waals surface area contributed by atoms with Gasteiger partial charge in [-0.15, -0.1) is 0 Å². The molecule has 0 atom stereocenters. The number of hydrogen-bond acceptors (Lipinski definition) is 5. The molecule has 200 valence electrons. The van der Waals surface area contributed by atoms with Crippen LogP contribution in [0.2, 0.25) is 0 Å². The van der Waals surface area contributed by atoms with Gasteiger partial charge in [-0.3, -0.25) is 14.9 Å². The number of aryl methyl sites for hydroxylation is 1. The highest BCUT2D eigenvalue weighted by Gasteiger charge is 2.18. The van der Waals surface area contributed by atoms with Crippen LogP contribution in [0.4, 0.5) is 5.69 Å². The molecule has 0 unspecified atom stereocenters. The molecule has 40 heavy (non-hydrogen) atoms. The summed E-state index contributed by atoms with van der Waals surface area (Å²) < 4.78 is 2.03. The Balaban J connectivity index is 1.19. The summed E-state index contributed by atoms with van der Waals surface area (Å²) >= 11 is 0. The Morgan fingerprint density at radius 2 is 1.98 bits per heavy atom. The first-order chi connectivity index (χ1) is 19.6. The Labute approximate surface area is 231 Å². The number of rotatable bonds is 6. The van der Waals surface area contributed by atoms with Crippen LogP contribution in [-0.4, -0.2) is 40.6 Å². The van der Waals surface area contributed by atoms with E-state index in [0.717, 1.165) is 68.8 Å². The number of nitrogens with zero attached hydrogens (tertiary/aromatic N) is 5. The van der Waals surface area contributed by atoms with E-state index in [1.807, 2.05) is 48.3 Å². The normalized spacial score (nSPS) is 14.2. The maximum absolute atomic E-state index is 12.7. The highest BCUT2D eigenvalue weighted by atomic mass is 16.1. The number of imidazole rings is 1. The number of aromatic nitrogens is 7. The lowest BCUT2D eigenvalue weighted by Gasteiger charge is -2.20. The predicted molar refractivity (Wildman–Crippen MR) is 156 cm³/mol. The van der Waals surface area contributed by atoms with Gasteiger partial charge in [-0.05, 0) is 62.1 Å². The predicted octanol–water partition coefficient (Wildman–Crippen LogP) is 6.57. The molecule has 0 spiro atoms. The second-order valence-corrected chi connectivity index (χ2v) is 10.7. The number of fused-ring (bicyclic) bond motifs is 2. The van der Waals surface area contributed by atoms with E-state index in [4.69, 9.17) is 4.98 Å². The number of carbonyl (C=O) groups excluding carboxylic acids is 1. The Kier molecular flexibility index (Phi) is 6.11. The van der Waals surface area contributed by atoms with Crippen molar-refractivity contribution in [1.82, 2.24) is 34.7 Å². The zero-order valence-corrected chi connectivity index (χ0v) is 22.3. The van der Waals surface area contributed by atoms with E-state index in [1.165, 1.54) is 19.3 Å². The number of amides is 1. The third-order valence-electron chi connectivity index (χ3n) is 7.81. The lowest BCUT2D eigenvalue weighted by molar-refractivity contribution is -0.117. The third kappa shape index (κ3) is 4.64. The van der Waals surface area contributed by atoms with E-state index in [-0.39, 0.29) is 5.91 Å². The number of H-pyrrole nitrogens is 2. The van der Waals surface area contributed by atoms with Crippen LogP contribution in [-0.2, 0) is 4.79 Å². The molecule has 1 aliphatic carbocycles.